The molecule has 0 aliphatic carbocycles. The van der Waals surface area contributed by atoms with E-state index in [-0.39, 0.29) is 17.7 Å². The Labute approximate surface area is 152 Å². The number of unbranched alkanes of at least 4 members (excludes halogenated alkanes) is 1. The molecule has 0 fully saturated rings. The molecule has 2 N–H and O–H groups in total. The van der Waals surface area contributed by atoms with Gasteiger partial charge in [0.1, 0.15) is 0 Å². The highest BCUT2D eigenvalue weighted by Crippen LogP contribution is 2.25. The molecule has 0 unspecified atom stereocenters. The van der Waals surface area contributed by atoms with Crippen LogP contribution in [0.4, 0.5) is 0 Å². The van der Waals surface area contributed by atoms with E-state index in [0.29, 0.717) is 19.0 Å². The Morgan fingerprint density at radius 1 is 0.960 bits per heavy atom. The first kappa shape index (κ1) is 20.9. The molecule has 0 heterocycles. The Morgan fingerprint density at radius 2 is 1.52 bits per heavy atom. The molecule has 138 valence electrons. The van der Waals surface area contributed by atoms with Crippen molar-refractivity contribution in [1.82, 2.24) is 10.6 Å². The van der Waals surface area contributed by atoms with Crippen molar-refractivity contribution in [2.24, 2.45) is 5.92 Å². The van der Waals surface area contributed by atoms with E-state index in [0.717, 1.165) is 24.0 Å². The number of benzene rings is 1. The lowest BCUT2D eigenvalue weighted by atomic mass is 9.92. The summed E-state index contributed by atoms with van der Waals surface area (Å²) in [6.07, 6.45) is 3.42. The number of nitrogens with one attached hydrogen (secondary N) is 2. The molecule has 2 amide bonds. The first-order chi connectivity index (χ1) is 11.8. The molecule has 1 aromatic rings. The van der Waals surface area contributed by atoms with E-state index >= 15 is 0 Å². The van der Waals surface area contributed by atoms with Crippen molar-refractivity contribution in [3.8, 4) is 0 Å². The average molecular weight is 344 g/mol. The van der Waals surface area contributed by atoms with E-state index < -0.39 is 0 Å². The maximum atomic E-state index is 12.2. The number of amides is 2. The molecule has 0 spiro atoms. The Hall–Kier alpha value is -2.10. The van der Waals surface area contributed by atoms with Gasteiger partial charge in [0, 0.05) is 26.1 Å². The van der Waals surface area contributed by atoms with Gasteiger partial charge >= 0.3 is 0 Å². The zero-order valence-electron chi connectivity index (χ0n) is 16.2. The third-order valence-electron chi connectivity index (χ3n) is 4.10. The average Bonchev–Trinajstić information content (AvgIpc) is 2.55. The largest absolute Gasteiger partial charge is 0.356 e. The molecule has 0 saturated carbocycles. The molecular weight excluding hydrogens is 312 g/mol. The summed E-state index contributed by atoms with van der Waals surface area (Å²) in [5, 5.41) is 5.68. The molecule has 4 nitrogen and oxygen atoms in total. The van der Waals surface area contributed by atoms with Gasteiger partial charge in [0.2, 0.25) is 11.8 Å². The van der Waals surface area contributed by atoms with E-state index in [2.05, 4.69) is 62.6 Å². The minimum Gasteiger partial charge on any atom is -0.356 e. The second kappa shape index (κ2) is 10.7. The Bertz CT molecular complexity index is 586. The molecule has 0 saturated heterocycles. The molecule has 1 rings (SSSR count). The highest BCUT2D eigenvalue weighted by molar-refractivity contribution is 5.95. The van der Waals surface area contributed by atoms with Crippen molar-refractivity contribution in [1.29, 1.82) is 0 Å². The van der Waals surface area contributed by atoms with E-state index in [9.17, 15) is 9.59 Å². The van der Waals surface area contributed by atoms with E-state index in [1.165, 1.54) is 12.5 Å². The molecule has 1 aromatic carbocycles. The van der Waals surface area contributed by atoms with E-state index in [4.69, 9.17) is 0 Å². The number of rotatable bonds is 9. The molecule has 25 heavy (non-hydrogen) atoms. The van der Waals surface area contributed by atoms with Crippen LogP contribution < -0.4 is 10.6 Å². The molecule has 0 atom stereocenters. The third-order valence-corrected chi connectivity index (χ3v) is 4.10. The molecule has 0 bridgehead atoms. The van der Waals surface area contributed by atoms with Gasteiger partial charge in [-0.05, 0) is 41.4 Å². The van der Waals surface area contributed by atoms with Crippen LogP contribution in [0.3, 0.4) is 0 Å². The summed E-state index contributed by atoms with van der Waals surface area (Å²) >= 11 is 0. The summed E-state index contributed by atoms with van der Waals surface area (Å²) in [6, 6.07) is 8.47. The summed E-state index contributed by atoms with van der Waals surface area (Å²) in [6.45, 7) is 11.3. The van der Waals surface area contributed by atoms with E-state index in [1.807, 2.05) is 0 Å². The lowest BCUT2D eigenvalue weighted by Crippen LogP contribution is -2.25. The van der Waals surface area contributed by atoms with Gasteiger partial charge in [-0.15, -0.1) is 0 Å². The lowest BCUT2D eigenvalue weighted by molar-refractivity contribution is -0.119. The van der Waals surface area contributed by atoms with Crippen molar-refractivity contribution in [3.05, 3.63) is 41.5 Å². The molecule has 0 aliphatic rings. The van der Waals surface area contributed by atoms with Crippen LogP contribution in [-0.4, -0.2) is 24.9 Å². The Kier molecular flexibility index (Phi) is 8.96. The van der Waals surface area contributed by atoms with Crippen LogP contribution in [0.15, 0.2) is 30.3 Å². The van der Waals surface area contributed by atoms with Crippen LogP contribution in [0, 0.1) is 5.92 Å². The second-order valence-electron chi connectivity index (χ2n) is 7.01. The fraction of sp³-hybridized carbons (Fsp3) is 0.524. The van der Waals surface area contributed by atoms with Gasteiger partial charge in [0.25, 0.3) is 0 Å². The van der Waals surface area contributed by atoms with Gasteiger partial charge in [-0.1, -0.05) is 52.0 Å². The molecule has 0 radical (unpaired) electrons. The summed E-state index contributed by atoms with van der Waals surface area (Å²) < 4.78 is 0. The fourth-order valence-corrected chi connectivity index (χ4v) is 2.56. The van der Waals surface area contributed by atoms with Crippen LogP contribution in [0.5, 0.6) is 0 Å². The second-order valence-corrected chi connectivity index (χ2v) is 7.01. The zero-order valence-corrected chi connectivity index (χ0v) is 16.2. The predicted octanol–water partition coefficient (Wildman–Crippen LogP) is 3.88. The first-order valence-electron chi connectivity index (χ1n) is 9.15. The number of hydrogen-bond acceptors (Lipinski definition) is 2. The van der Waals surface area contributed by atoms with Crippen LogP contribution in [0.1, 0.15) is 64.5 Å². The monoisotopic (exact) mass is 344 g/mol. The van der Waals surface area contributed by atoms with Crippen molar-refractivity contribution >= 4 is 17.4 Å². The van der Waals surface area contributed by atoms with Gasteiger partial charge in [-0.3, -0.25) is 9.59 Å². The molecule has 0 aromatic heterocycles. The minimum atomic E-state index is -0.0591. The highest BCUT2D eigenvalue weighted by Gasteiger charge is 2.10. The van der Waals surface area contributed by atoms with Crippen LogP contribution in [-0.2, 0) is 9.59 Å². The zero-order chi connectivity index (χ0) is 18.8. The first-order valence-corrected chi connectivity index (χ1v) is 9.15. The molecular formula is C21H32N2O2. The lowest BCUT2D eigenvalue weighted by Gasteiger charge is -2.14. The fourth-order valence-electron chi connectivity index (χ4n) is 2.56. The van der Waals surface area contributed by atoms with Crippen molar-refractivity contribution < 1.29 is 9.59 Å². The number of hydrogen-bond donors (Lipinski definition) is 2. The SMILES string of the molecule is CC(=O)NCCCCNC(=O)/C=C(/c1ccc(C(C)C)cc1)C(C)C. The normalized spacial score (nSPS) is 11.7. The Morgan fingerprint density at radius 3 is 2.00 bits per heavy atom. The maximum absolute atomic E-state index is 12.2. The highest BCUT2D eigenvalue weighted by atomic mass is 16.2. The number of carbonyl (C=O) groups excluding carboxylic acids is 2. The van der Waals surface area contributed by atoms with Gasteiger partial charge in [0.05, 0.1) is 0 Å². The van der Waals surface area contributed by atoms with Crippen molar-refractivity contribution in [2.75, 3.05) is 13.1 Å². The van der Waals surface area contributed by atoms with Crippen LogP contribution in [0.2, 0.25) is 0 Å². The van der Waals surface area contributed by atoms with Gasteiger partial charge in [-0.25, -0.2) is 0 Å². The smallest absolute Gasteiger partial charge is 0.244 e. The summed E-state index contributed by atoms with van der Waals surface area (Å²) in [4.78, 5) is 23.0. The summed E-state index contributed by atoms with van der Waals surface area (Å²) in [5.41, 5.74) is 3.45. The number of carbonyl (C=O) groups is 2. The van der Waals surface area contributed by atoms with Gasteiger partial charge < -0.3 is 10.6 Å². The van der Waals surface area contributed by atoms with Crippen LogP contribution in [0.25, 0.3) is 5.57 Å². The predicted molar refractivity (Wildman–Crippen MR) is 104 cm³/mol. The third kappa shape index (κ3) is 8.01. The summed E-state index contributed by atoms with van der Waals surface area (Å²) in [7, 11) is 0. The minimum absolute atomic E-state index is 0.0166. The Balaban J connectivity index is 2.59. The van der Waals surface area contributed by atoms with Crippen molar-refractivity contribution in [2.45, 2.75) is 53.4 Å². The van der Waals surface area contributed by atoms with Crippen LogP contribution >= 0.6 is 0 Å². The van der Waals surface area contributed by atoms with Gasteiger partial charge in [0.15, 0.2) is 0 Å². The molecule has 0 aliphatic heterocycles. The standard InChI is InChI=1S/C21H32N2O2/c1-15(2)18-8-10-19(11-9-18)20(16(3)4)14-21(25)23-13-7-6-12-22-17(5)24/h8-11,14-16H,6-7,12-13H2,1-5H3,(H,22,24)(H,23,25)/b20-14+. The van der Waals surface area contributed by atoms with Gasteiger partial charge in [-0.2, -0.15) is 0 Å². The van der Waals surface area contributed by atoms with Crippen molar-refractivity contribution in [3.63, 3.8) is 0 Å². The molecule has 4 heteroatoms. The topological polar surface area (TPSA) is 58.2 Å². The quantitative estimate of drug-likeness (QED) is 0.527. The number of allylic oxidation sites excluding steroid dienone is 1. The van der Waals surface area contributed by atoms with E-state index in [1.54, 1.807) is 6.08 Å². The summed E-state index contributed by atoms with van der Waals surface area (Å²) in [5.74, 6) is 0.699. The maximum Gasteiger partial charge on any atom is 0.244 e.